The van der Waals surface area contributed by atoms with Crippen LogP contribution in [-0.4, -0.2) is 48.0 Å². The number of aromatic nitrogens is 3. The molecule has 34 heavy (non-hydrogen) atoms. The van der Waals surface area contributed by atoms with E-state index in [1.54, 1.807) is 25.4 Å². The van der Waals surface area contributed by atoms with Gasteiger partial charge in [0, 0.05) is 30.6 Å². The van der Waals surface area contributed by atoms with E-state index in [-0.39, 0.29) is 29.3 Å². The molecule has 1 fully saturated rings. The number of carbonyl (C=O) groups is 1. The number of hydrogen-bond donors (Lipinski definition) is 2. The first-order valence-corrected chi connectivity index (χ1v) is 11.3. The predicted molar refractivity (Wildman–Crippen MR) is 120 cm³/mol. The standard InChI is InChI=1S/C24H24ClFN4O4/c1-24(33,14-9-28-29(2)11-14)13-5-19-21(20(26)6-13)23(34-18-7-17(31)8-18)30(22(19)32)12-16-4-3-15(25)10-27-16/h3-6,9-11,17-18,23,31,33H,7-8,12H2,1-2H3/t17?,18?,23-,24?/m1/s1. The number of aliphatic hydroxyl groups excluding tert-OH is 1. The highest BCUT2D eigenvalue weighted by molar-refractivity contribution is 6.30. The summed E-state index contributed by atoms with van der Waals surface area (Å²) in [6, 6.07) is 6.10. The third kappa shape index (κ3) is 3.98. The summed E-state index contributed by atoms with van der Waals surface area (Å²) in [6.45, 7) is 1.61. The molecule has 1 amide bonds. The van der Waals surface area contributed by atoms with E-state index < -0.39 is 29.7 Å². The lowest BCUT2D eigenvalue weighted by molar-refractivity contribution is -0.144. The van der Waals surface area contributed by atoms with Crippen molar-refractivity contribution in [1.29, 1.82) is 0 Å². The van der Waals surface area contributed by atoms with E-state index in [0.717, 1.165) is 0 Å². The summed E-state index contributed by atoms with van der Waals surface area (Å²) in [4.78, 5) is 19.2. The van der Waals surface area contributed by atoms with E-state index >= 15 is 4.39 Å². The van der Waals surface area contributed by atoms with E-state index in [4.69, 9.17) is 16.3 Å². The van der Waals surface area contributed by atoms with Crippen LogP contribution in [0.1, 0.15) is 58.7 Å². The fraction of sp³-hybridized carbons (Fsp3) is 0.375. The second-order valence-corrected chi connectivity index (χ2v) is 9.47. The number of rotatable bonds is 6. The van der Waals surface area contributed by atoms with Crippen molar-refractivity contribution in [3.8, 4) is 0 Å². The molecule has 10 heteroatoms. The Morgan fingerprint density at radius 1 is 1.26 bits per heavy atom. The SMILES string of the molecule is Cn1cc(C(C)(O)c2cc(F)c3c(c2)C(=O)N(Cc2ccc(Cl)cn2)[C@@H]3OC2CC(O)C2)cn1. The molecular weight excluding hydrogens is 463 g/mol. The lowest BCUT2D eigenvalue weighted by Gasteiger charge is -2.36. The molecular formula is C24H24ClFN4O4. The Kier molecular flexibility index (Phi) is 5.68. The van der Waals surface area contributed by atoms with Crippen molar-refractivity contribution in [3.63, 3.8) is 0 Å². The van der Waals surface area contributed by atoms with E-state index in [1.165, 1.54) is 41.0 Å². The largest absolute Gasteiger partial charge is 0.393 e. The fourth-order valence-electron chi connectivity index (χ4n) is 4.39. The number of fused-ring (bicyclic) bond motifs is 1. The molecule has 2 aliphatic rings. The van der Waals surface area contributed by atoms with E-state index in [9.17, 15) is 15.0 Å². The number of hydrogen-bond acceptors (Lipinski definition) is 6. The lowest BCUT2D eigenvalue weighted by Crippen LogP contribution is -2.39. The van der Waals surface area contributed by atoms with Crippen LogP contribution in [-0.2, 0) is 23.9 Å². The van der Waals surface area contributed by atoms with Crippen LogP contribution in [0, 0.1) is 5.82 Å². The minimum absolute atomic E-state index is 0.0817. The van der Waals surface area contributed by atoms with Crippen LogP contribution in [0.4, 0.5) is 4.39 Å². The van der Waals surface area contributed by atoms with E-state index in [0.29, 0.717) is 29.1 Å². The van der Waals surface area contributed by atoms with Gasteiger partial charge in [0.15, 0.2) is 6.23 Å². The normalized spacial score (nSPS) is 23.5. The van der Waals surface area contributed by atoms with Crippen LogP contribution in [0.15, 0.2) is 42.9 Å². The van der Waals surface area contributed by atoms with Crippen molar-refractivity contribution in [2.75, 3.05) is 0 Å². The smallest absolute Gasteiger partial charge is 0.257 e. The molecule has 0 radical (unpaired) electrons. The summed E-state index contributed by atoms with van der Waals surface area (Å²) in [5.74, 6) is -1.08. The zero-order valence-corrected chi connectivity index (χ0v) is 19.4. The van der Waals surface area contributed by atoms with Crippen molar-refractivity contribution >= 4 is 17.5 Å². The first-order chi connectivity index (χ1) is 16.1. The van der Waals surface area contributed by atoms with Gasteiger partial charge in [-0.05, 0) is 49.6 Å². The molecule has 2 atom stereocenters. The molecule has 3 aromatic rings. The summed E-state index contributed by atoms with van der Waals surface area (Å²) < 4.78 is 23.2. The first kappa shape index (κ1) is 22.9. The highest BCUT2D eigenvalue weighted by Gasteiger charge is 2.44. The fourth-order valence-corrected chi connectivity index (χ4v) is 4.50. The van der Waals surface area contributed by atoms with Gasteiger partial charge in [0.05, 0.1) is 41.2 Å². The van der Waals surface area contributed by atoms with Gasteiger partial charge in [0.2, 0.25) is 0 Å². The Labute approximate surface area is 200 Å². The summed E-state index contributed by atoms with van der Waals surface area (Å²) in [5.41, 5.74) is -0.0585. The summed E-state index contributed by atoms with van der Waals surface area (Å²) in [6.07, 6.45) is 3.72. The molecule has 2 N–H and O–H groups in total. The Morgan fingerprint density at radius 3 is 2.65 bits per heavy atom. The van der Waals surface area contributed by atoms with Crippen LogP contribution >= 0.6 is 11.6 Å². The van der Waals surface area contributed by atoms with Crippen LogP contribution in [0.3, 0.4) is 0 Å². The van der Waals surface area contributed by atoms with Crippen molar-refractivity contribution in [1.82, 2.24) is 19.7 Å². The average molecular weight is 487 g/mol. The number of ether oxygens (including phenoxy) is 1. The van der Waals surface area contributed by atoms with Gasteiger partial charge in [0.1, 0.15) is 11.4 Å². The Balaban J connectivity index is 1.53. The number of halogens is 2. The minimum atomic E-state index is -1.57. The Hall–Kier alpha value is -2.85. The van der Waals surface area contributed by atoms with Crippen LogP contribution in [0.2, 0.25) is 5.02 Å². The number of pyridine rings is 1. The Bertz CT molecular complexity index is 1240. The summed E-state index contributed by atoms with van der Waals surface area (Å²) >= 11 is 5.93. The molecule has 1 unspecified atom stereocenters. The highest BCUT2D eigenvalue weighted by atomic mass is 35.5. The number of aliphatic hydroxyl groups is 2. The van der Waals surface area contributed by atoms with Gasteiger partial charge in [-0.2, -0.15) is 5.10 Å². The number of carbonyl (C=O) groups excluding carboxylic acids is 1. The van der Waals surface area contributed by atoms with Crippen molar-refractivity contribution in [2.24, 2.45) is 7.05 Å². The zero-order valence-electron chi connectivity index (χ0n) is 18.7. The maximum Gasteiger partial charge on any atom is 0.257 e. The third-order valence-electron chi connectivity index (χ3n) is 6.49. The van der Waals surface area contributed by atoms with Gasteiger partial charge in [0.25, 0.3) is 5.91 Å². The van der Waals surface area contributed by atoms with Crippen molar-refractivity contribution in [3.05, 3.63) is 81.6 Å². The predicted octanol–water partition coefficient (Wildman–Crippen LogP) is 3.06. The summed E-state index contributed by atoms with van der Waals surface area (Å²) in [7, 11) is 1.72. The van der Waals surface area contributed by atoms with Gasteiger partial charge in [-0.3, -0.25) is 14.5 Å². The quantitative estimate of drug-likeness (QED) is 0.555. The second kappa shape index (κ2) is 8.42. The van der Waals surface area contributed by atoms with Crippen LogP contribution < -0.4 is 0 Å². The molecule has 1 aliphatic carbocycles. The lowest BCUT2D eigenvalue weighted by atomic mass is 9.88. The number of benzene rings is 1. The molecule has 5 rings (SSSR count). The average Bonchev–Trinajstić information content (AvgIpc) is 3.32. The Morgan fingerprint density at radius 2 is 2.03 bits per heavy atom. The molecule has 178 valence electrons. The second-order valence-electron chi connectivity index (χ2n) is 9.03. The van der Waals surface area contributed by atoms with E-state index in [1.807, 2.05) is 0 Å². The molecule has 8 nitrogen and oxygen atoms in total. The minimum Gasteiger partial charge on any atom is -0.393 e. The van der Waals surface area contributed by atoms with Crippen molar-refractivity contribution in [2.45, 2.75) is 50.3 Å². The molecule has 0 spiro atoms. The third-order valence-corrected chi connectivity index (χ3v) is 6.72. The van der Waals surface area contributed by atoms with E-state index in [2.05, 4.69) is 10.1 Å². The molecule has 0 saturated heterocycles. The molecule has 1 aliphatic heterocycles. The first-order valence-electron chi connectivity index (χ1n) is 10.9. The van der Waals surface area contributed by atoms with Gasteiger partial charge < -0.3 is 19.8 Å². The van der Waals surface area contributed by atoms with Gasteiger partial charge in [-0.25, -0.2) is 4.39 Å². The zero-order chi connectivity index (χ0) is 24.2. The maximum atomic E-state index is 15.6. The maximum absolute atomic E-state index is 15.6. The molecule has 3 heterocycles. The topological polar surface area (TPSA) is 101 Å². The van der Waals surface area contributed by atoms with Crippen molar-refractivity contribution < 1.29 is 24.1 Å². The highest BCUT2D eigenvalue weighted by Crippen LogP contribution is 2.43. The van der Waals surface area contributed by atoms with Gasteiger partial charge in [-0.1, -0.05) is 11.6 Å². The summed E-state index contributed by atoms with van der Waals surface area (Å²) in [5, 5.41) is 25.4. The number of aryl methyl sites for hydroxylation is 1. The monoisotopic (exact) mass is 486 g/mol. The van der Waals surface area contributed by atoms with Gasteiger partial charge in [-0.15, -0.1) is 0 Å². The molecule has 1 saturated carbocycles. The number of amides is 1. The van der Waals surface area contributed by atoms with Crippen LogP contribution in [0.25, 0.3) is 0 Å². The van der Waals surface area contributed by atoms with Crippen LogP contribution in [0.5, 0.6) is 0 Å². The molecule has 0 bridgehead atoms. The van der Waals surface area contributed by atoms with Gasteiger partial charge >= 0.3 is 0 Å². The molecule has 1 aromatic carbocycles. The molecule has 2 aromatic heterocycles. The number of nitrogens with zero attached hydrogens (tertiary/aromatic N) is 4.